The fraction of sp³-hybridized carbons (Fsp3) is 0.727. The molecule has 1 rings (SSSR count). The highest BCUT2D eigenvalue weighted by Gasteiger charge is 2.30. The zero-order valence-electron chi connectivity index (χ0n) is 10.6. The van der Waals surface area contributed by atoms with Crippen LogP contribution in [0, 0.1) is 0 Å². The highest BCUT2D eigenvalue weighted by atomic mass is 16.7. The number of hydrogen-bond acceptors (Lipinski definition) is 7. The summed E-state index contributed by atoms with van der Waals surface area (Å²) in [4.78, 5) is 37.8. The number of carboxylic acids is 1. The van der Waals surface area contributed by atoms with Crippen molar-refractivity contribution in [2.24, 2.45) is 0 Å². The minimum atomic E-state index is -1.14. The van der Waals surface area contributed by atoms with Gasteiger partial charge in [-0.3, -0.25) is 0 Å². The van der Waals surface area contributed by atoms with Gasteiger partial charge in [0.25, 0.3) is 0 Å². The maximum Gasteiger partial charge on any atom is 0.356 e. The smallest absolute Gasteiger partial charge is 0.356 e. The van der Waals surface area contributed by atoms with Crippen LogP contribution in [0.2, 0.25) is 0 Å². The van der Waals surface area contributed by atoms with Crippen LogP contribution in [0.5, 0.6) is 0 Å². The van der Waals surface area contributed by atoms with E-state index in [1.54, 1.807) is 0 Å². The fourth-order valence-corrected chi connectivity index (χ4v) is 1.68. The van der Waals surface area contributed by atoms with Crippen LogP contribution in [-0.4, -0.2) is 67.4 Å². The van der Waals surface area contributed by atoms with Gasteiger partial charge in [-0.05, 0) is 12.8 Å². The minimum absolute atomic E-state index is 0.221. The van der Waals surface area contributed by atoms with E-state index >= 15 is 0 Å². The molecule has 8 nitrogen and oxygen atoms in total. The van der Waals surface area contributed by atoms with Crippen molar-refractivity contribution in [1.29, 1.82) is 0 Å². The Kier molecular flexibility index (Phi) is 6.40. The predicted octanol–water partition coefficient (Wildman–Crippen LogP) is -0.776. The van der Waals surface area contributed by atoms with Crippen LogP contribution in [0.15, 0.2) is 0 Å². The maximum atomic E-state index is 11.7. The summed E-state index contributed by atoms with van der Waals surface area (Å²) < 4.78 is 9.64. The molecule has 1 fully saturated rings. The summed E-state index contributed by atoms with van der Waals surface area (Å²) >= 11 is 0. The van der Waals surface area contributed by atoms with E-state index in [0.29, 0.717) is 13.0 Å². The first-order valence-corrected chi connectivity index (χ1v) is 5.84. The molecule has 1 unspecified atom stereocenters. The van der Waals surface area contributed by atoms with Gasteiger partial charge in [0.1, 0.15) is 18.9 Å². The molecular formula is C11H17NO7. The topological polar surface area (TPSA) is 102 Å². The lowest BCUT2D eigenvalue weighted by atomic mass is 10.2. The maximum absolute atomic E-state index is 11.7. The molecule has 1 aliphatic heterocycles. The van der Waals surface area contributed by atoms with Gasteiger partial charge in [0.15, 0.2) is 6.10 Å². The van der Waals surface area contributed by atoms with Gasteiger partial charge in [0.05, 0.1) is 6.61 Å². The Morgan fingerprint density at radius 3 is 2.84 bits per heavy atom. The number of aliphatic carboxylic acids is 1. The van der Waals surface area contributed by atoms with E-state index in [1.807, 2.05) is 0 Å². The molecule has 0 aliphatic carbocycles. The molecular weight excluding hydrogens is 258 g/mol. The van der Waals surface area contributed by atoms with E-state index in [0.717, 1.165) is 12.7 Å². The molecule has 1 N–H and O–H groups in total. The first-order valence-electron chi connectivity index (χ1n) is 5.84. The molecule has 1 aliphatic rings. The van der Waals surface area contributed by atoms with E-state index in [9.17, 15) is 14.4 Å². The molecule has 0 aromatic rings. The van der Waals surface area contributed by atoms with Crippen molar-refractivity contribution in [1.82, 2.24) is 5.06 Å². The van der Waals surface area contributed by atoms with Crippen molar-refractivity contribution in [3.8, 4) is 0 Å². The van der Waals surface area contributed by atoms with Gasteiger partial charge in [-0.25, -0.2) is 9.59 Å². The molecule has 0 radical (unpaired) electrons. The average Bonchev–Trinajstić information content (AvgIpc) is 2.81. The third-order valence-electron chi connectivity index (χ3n) is 2.65. The van der Waals surface area contributed by atoms with E-state index in [1.165, 1.54) is 12.2 Å². The van der Waals surface area contributed by atoms with Crippen molar-refractivity contribution in [3.05, 3.63) is 0 Å². The van der Waals surface area contributed by atoms with Crippen molar-refractivity contribution in [2.75, 3.05) is 26.9 Å². The van der Waals surface area contributed by atoms with Crippen LogP contribution in [-0.2, 0) is 28.7 Å². The van der Waals surface area contributed by atoms with Crippen molar-refractivity contribution >= 4 is 18.2 Å². The van der Waals surface area contributed by atoms with Gasteiger partial charge in [-0.1, -0.05) is 0 Å². The van der Waals surface area contributed by atoms with E-state index < -0.39 is 30.7 Å². The summed E-state index contributed by atoms with van der Waals surface area (Å²) in [6.07, 6.45) is 1.11. The van der Waals surface area contributed by atoms with Crippen molar-refractivity contribution in [2.45, 2.75) is 25.0 Å². The molecule has 0 amide bonds. The normalized spacial score (nSPS) is 21.0. The van der Waals surface area contributed by atoms with Crippen LogP contribution in [0.3, 0.4) is 0 Å². The third kappa shape index (κ3) is 4.93. The summed E-state index contributed by atoms with van der Waals surface area (Å²) in [6.45, 7) is -0.253. The number of nitrogens with zero attached hydrogens (tertiary/aromatic N) is 1. The Balaban J connectivity index is 2.40. The number of carboxylic acid groups (broad SMARTS) is 1. The Morgan fingerprint density at radius 1 is 1.53 bits per heavy atom. The standard InChI is InChI=1S/C11H17NO7/c1-17-9(6-18-7-10(14)15)11(16)19-12-4-2-3-8(12)5-13/h5,8-9H,2-4,6-7H2,1H3,(H,14,15)/t8-,9?/m0/s1. The Morgan fingerprint density at radius 2 is 2.26 bits per heavy atom. The van der Waals surface area contributed by atoms with E-state index in [2.05, 4.69) is 0 Å². The molecule has 0 aromatic carbocycles. The molecule has 19 heavy (non-hydrogen) atoms. The summed E-state index contributed by atoms with van der Waals surface area (Å²) in [6, 6.07) is -0.429. The van der Waals surface area contributed by atoms with Gasteiger partial charge < -0.3 is 24.2 Å². The lowest BCUT2D eigenvalue weighted by Crippen LogP contribution is -2.39. The Labute approximate surface area is 110 Å². The Hall–Kier alpha value is -1.51. The molecule has 1 heterocycles. The molecule has 0 spiro atoms. The lowest BCUT2D eigenvalue weighted by molar-refractivity contribution is -0.206. The molecule has 0 aromatic heterocycles. The second-order valence-electron chi connectivity index (χ2n) is 4.03. The third-order valence-corrected chi connectivity index (χ3v) is 2.65. The van der Waals surface area contributed by atoms with E-state index in [4.69, 9.17) is 19.4 Å². The fourth-order valence-electron chi connectivity index (χ4n) is 1.68. The number of hydroxylamine groups is 2. The summed E-state index contributed by atoms with van der Waals surface area (Å²) in [5.41, 5.74) is 0. The highest BCUT2D eigenvalue weighted by molar-refractivity contribution is 5.75. The minimum Gasteiger partial charge on any atom is -0.480 e. The summed E-state index contributed by atoms with van der Waals surface area (Å²) in [7, 11) is 1.29. The zero-order chi connectivity index (χ0) is 14.3. The van der Waals surface area contributed by atoms with Crippen molar-refractivity contribution in [3.63, 3.8) is 0 Å². The number of carbonyl (C=O) groups is 3. The second-order valence-corrected chi connectivity index (χ2v) is 4.03. The largest absolute Gasteiger partial charge is 0.480 e. The van der Waals surface area contributed by atoms with Gasteiger partial charge in [0.2, 0.25) is 0 Å². The SMILES string of the molecule is COC(COCC(=O)O)C(=O)ON1CCC[C@H]1C=O. The van der Waals surface area contributed by atoms with Crippen molar-refractivity contribution < 1.29 is 33.8 Å². The number of carbonyl (C=O) groups excluding carboxylic acids is 2. The van der Waals surface area contributed by atoms with E-state index in [-0.39, 0.29) is 6.61 Å². The molecule has 0 saturated carbocycles. The molecule has 1 saturated heterocycles. The van der Waals surface area contributed by atoms with Gasteiger partial charge >= 0.3 is 11.9 Å². The second kappa shape index (κ2) is 7.82. The predicted molar refractivity (Wildman–Crippen MR) is 61.1 cm³/mol. The van der Waals surface area contributed by atoms with Gasteiger partial charge in [0, 0.05) is 13.7 Å². The summed E-state index contributed by atoms with van der Waals surface area (Å²) in [5.74, 6) is -1.84. The number of hydrogen-bond donors (Lipinski definition) is 1. The number of aldehydes is 1. The molecule has 2 atom stereocenters. The molecule has 0 bridgehead atoms. The van der Waals surface area contributed by atoms with Gasteiger partial charge in [-0.2, -0.15) is 0 Å². The van der Waals surface area contributed by atoms with Crippen LogP contribution in [0.1, 0.15) is 12.8 Å². The van der Waals surface area contributed by atoms with Gasteiger partial charge in [-0.15, -0.1) is 5.06 Å². The van der Waals surface area contributed by atoms with Crippen LogP contribution in [0.25, 0.3) is 0 Å². The zero-order valence-corrected chi connectivity index (χ0v) is 10.6. The number of methoxy groups -OCH3 is 1. The first kappa shape index (κ1) is 15.5. The van der Waals surface area contributed by atoms with Crippen LogP contribution >= 0.6 is 0 Å². The van der Waals surface area contributed by atoms with Crippen LogP contribution < -0.4 is 0 Å². The Bertz CT molecular complexity index is 333. The summed E-state index contributed by atoms with van der Waals surface area (Å²) in [5, 5.41) is 9.71. The molecule has 108 valence electrons. The quantitative estimate of drug-likeness (QED) is 0.576. The molecule has 8 heteroatoms. The van der Waals surface area contributed by atoms with Crippen LogP contribution in [0.4, 0.5) is 0 Å². The first-order chi connectivity index (χ1) is 9.08. The number of rotatable bonds is 8. The monoisotopic (exact) mass is 275 g/mol. The average molecular weight is 275 g/mol. The highest BCUT2D eigenvalue weighted by Crippen LogP contribution is 2.16. The number of ether oxygens (including phenoxy) is 2. The lowest BCUT2D eigenvalue weighted by Gasteiger charge is -2.21.